The van der Waals surface area contributed by atoms with Gasteiger partial charge in [0.25, 0.3) is 0 Å². The number of hydrogen-bond donors (Lipinski definition) is 4. The smallest absolute Gasteiger partial charge is 0.242 e. The highest BCUT2D eigenvalue weighted by Crippen LogP contribution is 2.16. The molecular weight excluding hydrogens is 372 g/mol. The summed E-state index contributed by atoms with van der Waals surface area (Å²) in [4.78, 5) is 36.3. The lowest BCUT2D eigenvalue weighted by atomic mass is 9.98. The van der Waals surface area contributed by atoms with E-state index in [1.54, 1.807) is 0 Å². The summed E-state index contributed by atoms with van der Waals surface area (Å²) in [5.74, 6) is -0.997. The van der Waals surface area contributed by atoms with Gasteiger partial charge < -0.3 is 16.4 Å². The van der Waals surface area contributed by atoms with E-state index in [0.717, 1.165) is 44.9 Å². The first-order valence-electron chi connectivity index (χ1n) is 11.3. The molecule has 8 heteroatoms. The lowest BCUT2D eigenvalue weighted by Crippen LogP contribution is -2.50. The van der Waals surface area contributed by atoms with Crippen LogP contribution in [-0.4, -0.2) is 54.2 Å². The van der Waals surface area contributed by atoms with Gasteiger partial charge in [0.2, 0.25) is 18.2 Å². The van der Waals surface area contributed by atoms with Crippen LogP contribution in [0.15, 0.2) is 0 Å². The summed E-state index contributed by atoms with van der Waals surface area (Å²) < 4.78 is 0. The average molecular weight is 413 g/mol. The number of nitrogens with zero attached hydrogens (tertiary/aromatic N) is 1. The Bertz CT molecular complexity index is 476. The molecule has 8 nitrogen and oxygen atoms in total. The first-order valence-corrected chi connectivity index (χ1v) is 11.3. The minimum absolute atomic E-state index is 0.0630. The summed E-state index contributed by atoms with van der Waals surface area (Å²) in [6, 6.07) is -0.615. The van der Waals surface area contributed by atoms with E-state index in [1.165, 1.54) is 25.7 Å². The van der Waals surface area contributed by atoms with Gasteiger partial charge in [0.05, 0.1) is 12.5 Å². The zero-order valence-electron chi connectivity index (χ0n) is 17.7. The second kappa shape index (κ2) is 16.2. The Balaban J connectivity index is 2.79. The maximum Gasteiger partial charge on any atom is 0.242 e. The molecule has 168 valence electrons. The number of nitrogens with two attached hydrogens (primary N) is 1. The van der Waals surface area contributed by atoms with Gasteiger partial charge in [-0.15, -0.1) is 0 Å². The normalized spacial score (nSPS) is 23.5. The van der Waals surface area contributed by atoms with Gasteiger partial charge in [0, 0.05) is 6.54 Å². The van der Waals surface area contributed by atoms with Crippen LogP contribution in [0.25, 0.3) is 0 Å². The Morgan fingerprint density at radius 2 is 1.59 bits per heavy atom. The van der Waals surface area contributed by atoms with Crippen LogP contribution < -0.4 is 16.4 Å². The van der Waals surface area contributed by atoms with Gasteiger partial charge in [0.1, 0.15) is 6.04 Å². The average Bonchev–Trinajstić information content (AvgIpc) is 2.72. The molecule has 1 heterocycles. The maximum atomic E-state index is 12.8. The number of hydroxylamine groups is 2. The number of carbonyl (C=O) groups excluding carboxylic acids is 3. The van der Waals surface area contributed by atoms with Crippen LogP contribution in [0.5, 0.6) is 0 Å². The van der Waals surface area contributed by atoms with Gasteiger partial charge in [-0.05, 0) is 38.6 Å². The summed E-state index contributed by atoms with van der Waals surface area (Å²) in [5.41, 5.74) is 5.56. The number of hydrogen-bond acceptors (Lipinski definition) is 5. The zero-order chi connectivity index (χ0) is 21.3. The fourth-order valence-electron chi connectivity index (χ4n) is 3.71. The van der Waals surface area contributed by atoms with Gasteiger partial charge in [-0.25, -0.2) is 5.06 Å². The Morgan fingerprint density at radius 1 is 0.966 bits per heavy atom. The summed E-state index contributed by atoms with van der Waals surface area (Å²) in [6.45, 7) is 1.09. The molecule has 0 bridgehead atoms. The lowest BCUT2D eigenvalue weighted by Gasteiger charge is -2.24. The minimum Gasteiger partial charge on any atom is -0.354 e. The van der Waals surface area contributed by atoms with Gasteiger partial charge in [-0.3, -0.25) is 19.6 Å². The summed E-state index contributed by atoms with van der Waals surface area (Å²) in [5, 5.41) is 15.9. The Morgan fingerprint density at radius 3 is 2.21 bits per heavy atom. The molecule has 0 aromatic heterocycles. The highest BCUT2D eigenvalue weighted by Gasteiger charge is 2.26. The van der Waals surface area contributed by atoms with Crippen LogP contribution in [0.3, 0.4) is 0 Å². The molecule has 29 heavy (non-hydrogen) atoms. The molecule has 0 unspecified atom stereocenters. The van der Waals surface area contributed by atoms with Crippen LogP contribution in [0.2, 0.25) is 0 Å². The molecule has 1 rings (SSSR count). The fourth-order valence-corrected chi connectivity index (χ4v) is 3.71. The monoisotopic (exact) mass is 412 g/mol. The second-order valence-electron chi connectivity index (χ2n) is 8.03. The quantitative estimate of drug-likeness (QED) is 0.221. The molecule has 0 radical (unpaired) electrons. The van der Waals surface area contributed by atoms with Gasteiger partial charge >= 0.3 is 0 Å². The molecule has 0 spiro atoms. The molecular formula is C21H40N4O4. The van der Waals surface area contributed by atoms with Crippen molar-refractivity contribution in [2.75, 3.05) is 19.6 Å². The molecule has 1 aliphatic rings. The van der Waals surface area contributed by atoms with Crippen LogP contribution in [-0.2, 0) is 14.4 Å². The van der Waals surface area contributed by atoms with Crippen molar-refractivity contribution >= 4 is 18.2 Å². The van der Waals surface area contributed by atoms with Crippen molar-refractivity contribution < 1.29 is 19.6 Å². The van der Waals surface area contributed by atoms with Crippen molar-refractivity contribution in [2.45, 2.75) is 89.5 Å². The minimum atomic E-state index is -0.615. The standard InChI is InChI=1S/C21H40N4O4/c22-14-10-9-13-19-21(28)23-15-11-7-5-3-1-2-4-6-8-12-18(20(27)24-19)16-25(29)17-26/h17-19,29H,1-16,22H2,(H,23,28)(H,24,27)/t18-,19+/m1/s1. The predicted octanol–water partition coefficient (Wildman–Crippen LogP) is 2.09. The van der Waals surface area contributed by atoms with Crippen molar-refractivity contribution in [2.24, 2.45) is 11.7 Å². The Hall–Kier alpha value is -1.67. The summed E-state index contributed by atoms with van der Waals surface area (Å²) in [6.07, 6.45) is 12.8. The predicted molar refractivity (Wildman–Crippen MR) is 112 cm³/mol. The molecule has 0 aliphatic carbocycles. The SMILES string of the molecule is NCCCC[C@@H]1NC(=O)[C@@H](CN(O)C=O)CCCCCCCCCCCNC1=O. The largest absolute Gasteiger partial charge is 0.354 e. The molecule has 1 saturated heterocycles. The third kappa shape index (κ3) is 11.8. The number of unbranched alkanes of at least 4 members (excludes halogenated alkanes) is 1. The van der Waals surface area contributed by atoms with Crippen molar-refractivity contribution in [3.8, 4) is 0 Å². The lowest BCUT2D eigenvalue weighted by molar-refractivity contribution is -0.155. The Kier molecular flexibility index (Phi) is 14.1. The van der Waals surface area contributed by atoms with E-state index in [2.05, 4.69) is 10.6 Å². The third-order valence-corrected chi connectivity index (χ3v) is 5.51. The molecule has 1 fully saturated rings. The number of nitrogens with one attached hydrogen (secondary N) is 2. The van der Waals surface area contributed by atoms with E-state index in [1.807, 2.05) is 0 Å². The molecule has 0 saturated carbocycles. The van der Waals surface area contributed by atoms with E-state index in [-0.39, 0.29) is 18.4 Å². The van der Waals surface area contributed by atoms with Crippen LogP contribution in [0, 0.1) is 5.92 Å². The number of rotatable bonds is 7. The van der Waals surface area contributed by atoms with Crippen LogP contribution >= 0.6 is 0 Å². The van der Waals surface area contributed by atoms with E-state index in [4.69, 9.17) is 5.73 Å². The van der Waals surface area contributed by atoms with Gasteiger partial charge in [-0.2, -0.15) is 0 Å². The summed E-state index contributed by atoms with van der Waals surface area (Å²) in [7, 11) is 0. The second-order valence-corrected chi connectivity index (χ2v) is 8.03. The molecule has 1 aliphatic heterocycles. The summed E-state index contributed by atoms with van der Waals surface area (Å²) >= 11 is 0. The highest BCUT2D eigenvalue weighted by atomic mass is 16.5. The van der Waals surface area contributed by atoms with E-state index in [9.17, 15) is 19.6 Å². The molecule has 2 atom stereocenters. The van der Waals surface area contributed by atoms with Crippen LogP contribution in [0.1, 0.15) is 83.5 Å². The first-order chi connectivity index (χ1) is 14.1. The van der Waals surface area contributed by atoms with Crippen LogP contribution in [0.4, 0.5) is 0 Å². The van der Waals surface area contributed by atoms with E-state index in [0.29, 0.717) is 37.4 Å². The third-order valence-electron chi connectivity index (χ3n) is 5.51. The van der Waals surface area contributed by atoms with Gasteiger partial charge in [0.15, 0.2) is 0 Å². The van der Waals surface area contributed by atoms with Crippen molar-refractivity contribution in [3.63, 3.8) is 0 Å². The van der Waals surface area contributed by atoms with E-state index >= 15 is 0 Å². The topological polar surface area (TPSA) is 125 Å². The number of amides is 3. The van der Waals surface area contributed by atoms with Crippen molar-refractivity contribution in [1.82, 2.24) is 15.7 Å². The van der Waals surface area contributed by atoms with Gasteiger partial charge in [-0.1, -0.05) is 51.4 Å². The fraction of sp³-hybridized carbons (Fsp3) is 0.857. The first kappa shape index (κ1) is 25.4. The van der Waals surface area contributed by atoms with Crippen molar-refractivity contribution in [1.29, 1.82) is 0 Å². The number of carbonyl (C=O) groups is 3. The Labute approximate surface area is 174 Å². The molecule has 0 aromatic carbocycles. The van der Waals surface area contributed by atoms with E-state index < -0.39 is 12.0 Å². The molecule has 5 N–H and O–H groups in total. The molecule has 0 aromatic rings. The maximum absolute atomic E-state index is 12.8. The zero-order valence-corrected chi connectivity index (χ0v) is 17.7. The van der Waals surface area contributed by atoms with Crippen molar-refractivity contribution in [3.05, 3.63) is 0 Å². The molecule has 3 amide bonds. The highest BCUT2D eigenvalue weighted by molar-refractivity contribution is 5.88.